The normalized spacial score (nSPS) is 32.8. The number of aryl methyl sites for hydroxylation is 1. The summed E-state index contributed by atoms with van der Waals surface area (Å²) in [5.41, 5.74) is 2.66. The molecule has 2 fully saturated rings. The van der Waals surface area contributed by atoms with Crippen molar-refractivity contribution in [3.8, 4) is 5.75 Å². The molecule has 52 heavy (non-hydrogen) atoms. The molecule has 2 aromatic carbocycles. The van der Waals surface area contributed by atoms with Crippen LogP contribution in [0, 0.1) is 17.8 Å². The van der Waals surface area contributed by atoms with E-state index in [-0.39, 0.29) is 23.2 Å². The van der Waals surface area contributed by atoms with Crippen LogP contribution < -0.4 is 14.4 Å². The average molecular weight is 756 g/mol. The van der Waals surface area contributed by atoms with Crippen molar-refractivity contribution in [1.82, 2.24) is 9.62 Å². The Balaban J connectivity index is 1.25. The van der Waals surface area contributed by atoms with Crippen molar-refractivity contribution in [3.63, 3.8) is 0 Å². The predicted molar refractivity (Wildman–Crippen MR) is 203 cm³/mol. The monoisotopic (exact) mass is 755 g/mol. The summed E-state index contributed by atoms with van der Waals surface area (Å²) in [5, 5.41) is -0.0611. The molecule has 7 rings (SSSR count). The van der Waals surface area contributed by atoms with Gasteiger partial charge in [-0.3, -0.25) is 9.69 Å². The van der Waals surface area contributed by atoms with Crippen LogP contribution in [-0.2, 0) is 36.1 Å². The van der Waals surface area contributed by atoms with Gasteiger partial charge in [-0.2, -0.15) is 0 Å². The molecular weight excluding hydrogens is 702 g/mol. The Kier molecular flexibility index (Phi) is 11.3. The molecule has 1 saturated carbocycles. The topological polar surface area (TPSA) is 107 Å². The first-order valence-electron chi connectivity index (χ1n) is 19.0. The summed E-state index contributed by atoms with van der Waals surface area (Å²) in [6.45, 7) is 10.6. The van der Waals surface area contributed by atoms with Crippen LogP contribution in [0.2, 0.25) is 5.02 Å². The van der Waals surface area contributed by atoms with Gasteiger partial charge in [0.25, 0.3) is 5.91 Å². The lowest BCUT2D eigenvalue weighted by Crippen LogP contribution is -2.55. The van der Waals surface area contributed by atoms with Gasteiger partial charge >= 0.3 is 0 Å². The van der Waals surface area contributed by atoms with Crippen molar-refractivity contribution in [2.45, 2.75) is 68.6 Å². The number of benzene rings is 2. The van der Waals surface area contributed by atoms with E-state index in [2.05, 4.69) is 38.8 Å². The van der Waals surface area contributed by atoms with Crippen LogP contribution in [0.25, 0.3) is 0 Å². The van der Waals surface area contributed by atoms with Crippen molar-refractivity contribution in [3.05, 3.63) is 70.3 Å². The van der Waals surface area contributed by atoms with E-state index in [1.807, 2.05) is 25.1 Å². The molecule has 0 unspecified atom stereocenters. The number of anilines is 1. The SMILES string of the molecule is CO[C@]1(COCCN2CCOCC2)/C=C\C[C@H](C)[C@@H](C)S(=O)(=O)NC(=O)c2ccc3c(c2)N(C[C@@H]2CC[C@H]21)C[C@@]1(CCCc2cc(Cl)ccc21)CO3. The molecule has 1 spiro atoms. The molecule has 2 aliphatic carbocycles. The highest BCUT2D eigenvalue weighted by molar-refractivity contribution is 7.90. The molecule has 1 saturated heterocycles. The maximum Gasteiger partial charge on any atom is 0.264 e. The second-order valence-corrected chi connectivity index (χ2v) is 18.2. The number of carbonyl (C=O) groups excluding carboxylic acids is 1. The number of nitrogens with zero attached hydrogens (tertiary/aromatic N) is 2. The number of carbonyl (C=O) groups is 1. The number of morpholine rings is 1. The van der Waals surface area contributed by atoms with E-state index in [0.29, 0.717) is 44.1 Å². The van der Waals surface area contributed by atoms with Crippen molar-refractivity contribution in [2.24, 2.45) is 17.8 Å². The van der Waals surface area contributed by atoms with Gasteiger partial charge in [0.2, 0.25) is 10.0 Å². The first-order valence-corrected chi connectivity index (χ1v) is 20.9. The minimum absolute atomic E-state index is 0.175. The Bertz CT molecular complexity index is 1750. The third kappa shape index (κ3) is 7.64. The molecule has 2 aromatic rings. The number of fused-ring (bicyclic) bond motifs is 4. The van der Waals surface area contributed by atoms with Crippen molar-refractivity contribution in [2.75, 3.05) is 77.8 Å². The Hall–Kier alpha value is -2.67. The summed E-state index contributed by atoms with van der Waals surface area (Å²) < 4.78 is 54.6. The number of hydrogen-bond acceptors (Lipinski definition) is 9. The third-order valence-corrected chi connectivity index (χ3v) is 14.7. The largest absolute Gasteiger partial charge is 0.490 e. The molecule has 2 bridgehead atoms. The average Bonchev–Trinajstić information content (AvgIpc) is 3.27. The van der Waals surface area contributed by atoms with E-state index < -0.39 is 26.8 Å². The summed E-state index contributed by atoms with van der Waals surface area (Å²) in [7, 11) is -2.19. The maximum atomic E-state index is 13.6. The first-order chi connectivity index (χ1) is 25.0. The standard InChI is InChI=1S/C40H54ClN3O7S/c1-28-6-4-15-40(48-3,27-50-21-18-43-16-19-49-20-17-43)35-11-8-32(35)24-44-25-39(14-5-7-30-22-33(41)10-12-34(30)39)26-51-37-13-9-31(23-36(37)44)38(45)42-52(46,47)29(28)2/h4,9-10,12-13,15,22-23,28-29,32,35H,5-8,11,14,16-21,24-27H2,1-3H3,(H,42,45)/b15-4-/t28-,29+,32-,35+,39-,40-/m0/s1. The second kappa shape index (κ2) is 15.6. The number of halogens is 1. The fraction of sp³-hybridized carbons (Fsp3) is 0.625. The molecule has 284 valence electrons. The number of ether oxygens (including phenoxy) is 4. The zero-order chi connectivity index (χ0) is 36.5. The molecular formula is C40H54ClN3O7S. The Labute approximate surface area is 314 Å². The van der Waals surface area contributed by atoms with Crippen molar-refractivity contribution in [1.29, 1.82) is 0 Å². The van der Waals surface area contributed by atoms with E-state index in [1.54, 1.807) is 20.1 Å². The highest BCUT2D eigenvalue weighted by Crippen LogP contribution is 2.49. The highest BCUT2D eigenvalue weighted by atomic mass is 35.5. The molecule has 12 heteroatoms. The summed E-state index contributed by atoms with van der Waals surface area (Å²) in [5.74, 6) is 0.277. The summed E-state index contributed by atoms with van der Waals surface area (Å²) in [6.07, 6.45) is 9.70. The lowest BCUT2D eigenvalue weighted by Gasteiger charge is -2.50. The van der Waals surface area contributed by atoms with E-state index in [0.717, 1.165) is 82.2 Å². The van der Waals surface area contributed by atoms with Gasteiger partial charge < -0.3 is 23.8 Å². The van der Waals surface area contributed by atoms with Gasteiger partial charge in [0.15, 0.2) is 0 Å². The van der Waals surface area contributed by atoms with Gasteiger partial charge in [0.1, 0.15) is 11.4 Å². The van der Waals surface area contributed by atoms with Crippen LogP contribution in [0.5, 0.6) is 5.75 Å². The maximum absolute atomic E-state index is 13.6. The Morgan fingerprint density at radius 1 is 1.10 bits per heavy atom. The van der Waals surface area contributed by atoms with Gasteiger partial charge in [0, 0.05) is 55.8 Å². The van der Waals surface area contributed by atoms with Crippen molar-refractivity contribution < 1.29 is 32.2 Å². The van der Waals surface area contributed by atoms with Crippen LogP contribution >= 0.6 is 11.6 Å². The lowest BCUT2D eigenvalue weighted by atomic mass is 9.64. The van der Waals surface area contributed by atoms with Gasteiger partial charge in [-0.15, -0.1) is 0 Å². The minimum atomic E-state index is -3.97. The summed E-state index contributed by atoms with van der Waals surface area (Å²) in [6, 6.07) is 11.5. The molecule has 1 N–H and O–H groups in total. The number of allylic oxidation sites excluding steroid dienone is 1. The van der Waals surface area contributed by atoms with Gasteiger partial charge in [-0.25, -0.2) is 13.1 Å². The zero-order valence-electron chi connectivity index (χ0n) is 30.8. The van der Waals surface area contributed by atoms with E-state index in [9.17, 15) is 13.2 Å². The fourth-order valence-corrected chi connectivity index (χ4v) is 10.5. The minimum Gasteiger partial charge on any atom is -0.490 e. The number of sulfonamides is 1. The molecule has 6 atom stereocenters. The van der Waals surface area contributed by atoms with Crippen LogP contribution in [0.15, 0.2) is 48.6 Å². The van der Waals surface area contributed by atoms with Gasteiger partial charge in [-0.1, -0.05) is 36.7 Å². The molecule has 3 aliphatic heterocycles. The summed E-state index contributed by atoms with van der Waals surface area (Å²) >= 11 is 6.48. The zero-order valence-corrected chi connectivity index (χ0v) is 32.4. The smallest absolute Gasteiger partial charge is 0.264 e. The molecule has 0 aromatic heterocycles. The molecule has 5 aliphatic rings. The number of methoxy groups -OCH3 is 1. The molecule has 0 radical (unpaired) electrons. The first kappa shape index (κ1) is 37.6. The number of hydrogen-bond donors (Lipinski definition) is 1. The number of rotatable bonds is 6. The van der Waals surface area contributed by atoms with Crippen molar-refractivity contribution >= 4 is 33.2 Å². The molecule has 10 nitrogen and oxygen atoms in total. The van der Waals surface area contributed by atoms with Gasteiger partial charge in [0.05, 0.1) is 44.0 Å². The Morgan fingerprint density at radius 2 is 1.92 bits per heavy atom. The van der Waals surface area contributed by atoms with Crippen LogP contribution in [-0.4, -0.2) is 103 Å². The quantitative estimate of drug-likeness (QED) is 0.297. The Morgan fingerprint density at radius 3 is 2.69 bits per heavy atom. The van der Waals surface area contributed by atoms with Crippen LogP contribution in [0.3, 0.4) is 0 Å². The van der Waals surface area contributed by atoms with E-state index in [4.69, 9.17) is 30.5 Å². The number of nitrogens with one attached hydrogen (secondary N) is 1. The van der Waals surface area contributed by atoms with E-state index in [1.165, 1.54) is 11.1 Å². The highest BCUT2D eigenvalue weighted by Gasteiger charge is 2.49. The molecule has 3 heterocycles. The van der Waals surface area contributed by atoms with Crippen LogP contribution in [0.1, 0.15) is 67.4 Å². The van der Waals surface area contributed by atoms with E-state index >= 15 is 0 Å². The second-order valence-electron chi connectivity index (χ2n) is 15.7. The fourth-order valence-electron chi connectivity index (χ4n) is 9.04. The van der Waals surface area contributed by atoms with Crippen LogP contribution in [0.4, 0.5) is 5.69 Å². The number of amides is 1. The third-order valence-electron chi connectivity index (χ3n) is 12.6. The lowest BCUT2D eigenvalue weighted by molar-refractivity contribution is -0.120. The summed E-state index contributed by atoms with van der Waals surface area (Å²) in [4.78, 5) is 18.4. The predicted octanol–water partition coefficient (Wildman–Crippen LogP) is 5.62. The molecule has 1 amide bonds. The van der Waals surface area contributed by atoms with Gasteiger partial charge in [-0.05, 0) is 105 Å².